The molecule has 0 radical (unpaired) electrons. The van der Waals surface area contributed by atoms with Crippen LogP contribution in [0.5, 0.6) is 23.5 Å². The predicted molar refractivity (Wildman–Crippen MR) is 92.7 cm³/mol. The SMILES string of the molecule is CCOC(=O)c1c(Oc2nc(OC)cc(OC)n2)csc1CSC. The molecule has 0 amide bonds. The molecule has 0 N–H and O–H groups in total. The van der Waals surface area contributed by atoms with Crippen LogP contribution in [0.4, 0.5) is 0 Å². The minimum Gasteiger partial charge on any atom is -0.481 e. The molecule has 0 aliphatic heterocycles. The van der Waals surface area contributed by atoms with Crippen molar-refractivity contribution in [2.24, 2.45) is 0 Å². The monoisotopic (exact) mass is 370 g/mol. The third-order valence-electron chi connectivity index (χ3n) is 2.87. The highest BCUT2D eigenvalue weighted by Gasteiger charge is 2.23. The van der Waals surface area contributed by atoms with Crippen LogP contribution in [0, 0.1) is 0 Å². The molecule has 2 rings (SSSR count). The molecular weight excluding hydrogens is 352 g/mol. The average Bonchev–Trinajstić information content (AvgIpc) is 2.97. The number of thioether (sulfide) groups is 1. The Morgan fingerprint density at radius 1 is 1.25 bits per heavy atom. The highest BCUT2D eigenvalue weighted by atomic mass is 32.2. The number of methoxy groups -OCH3 is 2. The molecule has 0 fully saturated rings. The highest BCUT2D eigenvalue weighted by Crippen LogP contribution is 2.35. The summed E-state index contributed by atoms with van der Waals surface area (Å²) in [6.07, 6.45) is 1.96. The van der Waals surface area contributed by atoms with Crippen LogP contribution in [-0.2, 0) is 10.5 Å². The van der Waals surface area contributed by atoms with Gasteiger partial charge in [0.2, 0.25) is 11.8 Å². The molecule has 0 bridgehead atoms. The van der Waals surface area contributed by atoms with Crippen molar-refractivity contribution >= 4 is 29.1 Å². The van der Waals surface area contributed by atoms with Crippen molar-refractivity contribution < 1.29 is 23.7 Å². The van der Waals surface area contributed by atoms with Crippen LogP contribution in [0.3, 0.4) is 0 Å². The Morgan fingerprint density at radius 2 is 1.92 bits per heavy atom. The van der Waals surface area contributed by atoms with E-state index in [-0.39, 0.29) is 12.6 Å². The van der Waals surface area contributed by atoms with Crippen molar-refractivity contribution in [1.29, 1.82) is 0 Å². The maximum atomic E-state index is 12.3. The molecule has 0 atom stereocenters. The molecule has 24 heavy (non-hydrogen) atoms. The first kappa shape index (κ1) is 18.3. The second-order valence-electron chi connectivity index (χ2n) is 4.39. The van der Waals surface area contributed by atoms with E-state index in [2.05, 4.69) is 9.97 Å². The lowest BCUT2D eigenvalue weighted by molar-refractivity contribution is 0.0523. The third kappa shape index (κ3) is 4.30. The Morgan fingerprint density at radius 3 is 2.46 bits per heavy atom. The molecule has 2 aromatic heterocycles. The first-order chi connectivity index (χ1) is 11.6. The number of hydrogen-bond acceptors (Lipinski definition) is 9. The molecule has 0 aliphatic carbocycles. The lowest BCUT2D eigenvalue weighted by Gasteiger charge is -2.09. The number of hydrogen-bond donors (Lipinski definition) is 0. The van der Waals surface area contributed by atoms with Gasteiger partial charge in [0, 0.05) is 16.0 Å². The summed E-state index contributed by atoms with van der Waals surface area (Å²) < 4.78 is 21.0. The lowest BCUT2D eigenvalue weighted by Crippen LogP contribution is -2.07. The minimum atomic E-state index is -0.423. The quantitative estimate of drug-likeness (QED) is 0.654. The molecule has 9 heteroatoms. The van der Waals surface area contributed by atoms with Gasteiger partial charge in [0.25, 0.3) is 0 Å². The number of nitrogens with zero attached hydrogens (tertiary/aromatic N) is 2. The fourth-order valence-corrected chi connectivity index (χ4v) is 3.60. The topological polar surface area (TPSA) is 79.8 Å². The number of thiophene rings is 1. The van der Waals surface area contributed by atoms with Crippen LogP contribution in [0.25, 0.3) is 0 Å². The second kappa shape index (κ2) is 8.74. The first-order valence-electron chi connectivity index (χ1n) is 7.04. The summed E-state index contributed by atoms with van der Waals surface area (Å²) in [6.45, 7) is 2.05. The summed E-state index contributed by atoms with van der Waals surface area (Å²) >= 11 is 3.04. The van der Waals surface area contributed by atoms with Gasteiger partial charge in [-0.05, 0) is 13.2 Å². The number of rotatable bonds is 8. The Kier molecular flexibility index (Phi) is 6.68. The van der Waals surface area contributed by atoms with Crippen molar-refractivity contribution in [1.82, 2.24) is 9.97 Å². The molecule has 0 aromatic carbocycles. The molecule has 0 unspecified atom stereocenters. The van der Waals surface area contributed by atoms with Gasteiger partial charge in [0.15, 0.2) is 5.75 Å². The van der Waals surface area contributed by atoms with Crippen molar-refractivity contribution in [2.75, 3.05) is 27.1 Å². The van der Waals surface area contributed by atoms with E-state index in [4.69, 9.17) is 18.9 Å². The summed E-state index contributed by atoms with van der Waals surface area (Å²) in [4.78, 5) is 21.4. The van der Waals surface area contributed by atoms with Crippen LogP contribution in [-0.4, -0.2) is 43.0 Å². The molecule has 2 heterocycles. The van der Waals surface area contributed by atoms with E-state index in [1.807, 2.05) is 6.26 Å². The molecular formula is C15H18N2O5S2. The fraction of sp³-hybridized carbons (Fsp3) is 0.400. The summed E-state index contributed by atoms with van der Waals surface area (Å²) in [6, 6.07) is 1.57. The largest absolute Gasteiger partial charge is 0.481 e. The number of carbonyl (C=O) groups excluding carboxylic acids is 1. The zero-order valence-corrected chi connectivity index (χ0v) is 15.5. The van der Waals surface area contributed by atoms with E-state index in [1.165, 1.54) is 31.6 Å². The molecule has 7 nitrogen and oxygen atoms in total. The van der Waals surface area contributed by atoms with Gasteiger partial charge in [-0.15, -0.1) is 11.3 Å². The van der Waals surface area contributed by atoms with E-state index in [0.29, 0.717) is 28.8 Å². The predicted octanol–water partition coefficient (Wildman–Crippen LogP) is 3.39. The van der Waals surface area contributed by atoms with Crippen molar-refractivity contribution in [3.63, 3.8) is 0 Å². The third-order valence-corrected chi connectivity index (χ3v) is 4.59. The standard InChI is InChI=1S/C15H18N2O5S2/c1-5-21-14(18)13-9(7-24-10(13)8-23-4)22-15-16-11(19-2)6-12(17-15)20-3/h6-7H,5,8H2,1-4H3. The minimum absolute atomic E-state index is 0.0326. The molecule has 0 saturated heterocycles. The van der Waals surface area contributed by atoms with E-state index in [0.717, 1.165) is 4.88 Å². The van der Waals surface area contributed by atoms with Crippen molar-refractivity contribution in [2.45, 2.75) is 12.7 Å². The van der Waals surface area contributed by atoms with Gasteiger partial charge in [0.1, 0.15) is 5.56 Å². The zero-order valence-electron chi connectivity index (χ0n) is 13.8. The fourth-order valence-electron chi connectivity index (χ4n) is 1.85. The van der Waals surface area contributed by atoms with Crippen LogP contribution < -0.4 is 14.2 Å². The second-order valence-corrected chi connectivity index (χ2v) is 6.22. The maximum absolute atomic E-state index is 12.3. The summed E-state index contributed by atoms with van der Waals surface area (Å²) in [7, 11) is 2.97. The van der Waals surface area contributed by atoms with E-state index in [1.54, 1.807) is 24.1 Å². The van der Waals surface area contributed by atoms with E-state index >= 15 is 0 Å². The summed E-state index contributed by atoms with van der Waals surface area (Å²) in [5.41, 5.74) is 0.404. The van der Waals surface area contributed by atoms with Gasteiger partial charge < -0.3 is 18.9 Å². The van der Waals surface area contributed by atoms with Crippen LogP contribution in [0.2, 0.25) is 0 Å². The van der Waals surface area contributed by atoms with Crippen LogP contribution >= 0.6 is 23.1 Å². The molecule has 2 aromatic rings. The Labute approximate surface area is 148 Å². The number of carbonyl (C=O) groups is 1. The summed E-state index contributed by atoms with van der Waals surface area (Å²) in [5, 5.41) is 1.74. The van der Waals surface area contributed by atoms with Crippen LogP contribution in [0.15, 0.2) is 11.4 Å². The first-order valence-corrected chi connectivity index (χ1v) is 9.31. The van der Waals surface area contributed by atoms with Crippen molar-refractivity contribution in [3.05, 3.63) is 21.9 Å². The van der Waals surface area contributed by atoms with Gasteiger partial charge in [-0.1, -0.05) is 0 Å². The van der Waals surface area contributed by atoms with Gasteiger partial charge in [-0.2, -0.15) is 21.7 Å². The average molecular weight is 370 g/mol. The van der Waals surface area contributed by atoms with Gasteiger partial charge in [-0.25, -0.2) is 4.79 Å². The van der Waals surface area contributed by atoms with Gasteiger partial charge in [-0.3, -0.25) is 0 Å². The van der Waals surface area contributed by atoms with Gasteiger partial charge in [0.05, 0.1) is 26.9 Å². The van der Waals surface area contributed by atoms with Gasteiger partial charge >= 0.3 is 12.0 Å². The maximum Gasteiger partial charge on any atom is 0.343 e. The highest BCUT2D eigenvalue weighted by molar-refractivity contribution is 7.97. The number of aromatic nitrogens is 2. The Hall–Kier alpha value is -2.00. The smallest absolute Gasteiger partial charge is 0.343 e. The lowest BCUT2D eigenvalue weighted by atomic mass is 10.2. The Bertz CT molecular complexity index is 683. The normalized spacial score (nSPS) is 10.3. The molecule has 0 spiro atoms. The Balaban J connectivity index is 2.37. The van der Waals surface area contributed by atoms with Crippen molar-refractivity contribution in [3.8, 4) is 23.5 Å². The number of ether oxygens (including phenoxy) is 4. The molecule has 0 saturated carbocycles. The van der Waals surface area contributed by atoms with E-state index in [9.17, 15) is 4.79 Å². The van der Waals surface area contributed by atoms with E-state index < -0.39 is 5.97 Å². The summed E-state index contributed by atoms with van der Waals surface area (Å²) in [5.74, 6) is 1.22. The van der Waals surface area contributed by atoms with Crippen LogP contribution in [0.1, 0.15) is 22.2 Å². The number of esters is 1. The zero-order chi connectivity index (χ0) is 17.5. The molecule has 0 aliphatic rings. The molecule has 130 valence electrons.